The highest BCUT2D eigenvalue weighted by molar-refractivity contribution is 7.89. The van der Waals surface area contributed by atoms with Gasteiger partial charge in [-0.15, -0.1) is 0 Å². The minimum absolute atomic E-state index is 0.0272. The zero-order valence-electron chi connectivity index (χ0n) is 14.7. The van der Waals surface area contributed by atoms with Crippen molar-refractivity contribution < 1.29 is 27.9 Å². The minimum Gasteiger partial charge on any atom is -0.452 e. The fourth-order valence-corrected chi connectivity index (χ4v) is 3.04. The van der Waals surface area contributed by atoms with E-state index in [1.54, 1.807) is 0 Å². The molecule has 0 radical (unpaired) electrons. The second-order valence-electron chi connectivity index (χ2n) is 6.06. The van der Waals surface area contributed by atoms with Crippen molar-refractivity contribution in [3.8, 4) is 0 Å². The molecular weight excluding hydrogens is 362 g/mol. The van der Waals surface area contributed by atoms with Crippen molar-refractivity contribution in [2.45, 2.75) is 23.8 Å². The first kappa shape index (κ1) is 20.1. The summed E-state index contributed by atoms with van der Waals surface area (Å²) >= 11 is 0. The second kappa shape index (κ2) is 8.47. The number of esters is 1. The molecule has 1 amide bonds. The summed E-state index contributed by atoms with van der Waals surface area (Å²) in [5, 5.41) is 14.5. The number of rotatable bonds is 9. The predicted octanol–water partition coefficient (Wildman–Crippen LogP) is -0.223. The fraction of sp³-hybridized carbons (Fsp3) is 0.500. The molecule has 0 saturated heterocycles. The lowest BCUT2D eigenvalue weighted by Gasteiger charge is -2.15. The molecule has 0 spiro atoms. The quantitative estimate of drug-likeness (QED) is 0.502. The molecule has 0 unspecified atom stereocenters. The van der Waals surface area contributed by atoms with Crippen LogP contribution in [0.25, 0.3) is 0 Å². The maximum atomic E-state index is 12.4. The van der Waals surface area contributed by atoms with Crippen molar-refractivity contribution in [2.75, 3.05) is 39.2 Å². The monoisotopic (exact) mass is 385 g/mol. The molecule has 1 aliphatic carbocycles. The van der Waals surface area contributed by atoms with Gasteiger partial charge in [-0.05, 0) is 31.0 Å². The molecular formula is C16H23N3O6S. The van der Waals surface area contributed by atoms with Crippen molar-refractivity contribution in [3.05, 3.63) is 23.8 Å². The van der Waals surface area contributed by atoms with E-state index in [9.17, 15) is 18.0 Å². The molecule has 1 fully saturated rings. The molecule has 26 heavy (non-hydrogen) atoms. The first-order chi connectivity index (χ1) is 12.3. The van der Waals surface area contributed by atoms with Gasteiger partial charge in [-0.3, -0.25) is 4.79 Å². The van der Waals surface area contributed by atoms with E-state index in [4.69, 9.17) is 9.84 Å². The fourth-order valence-electron chi connectivity index (χ4n) is 2.11. The molecule has 0 heterocycles. The van der Waals surface area contributed by atoms with Crippen molar-refractivity contribution >= 4 is 27.6 Å². The Hall–Kier alpha value is -2.17. The number of aliphatic hydroxyl groups excluding tert-OH is 1. The van der Waals surface area contributed by atoms with Crippen molar-refractivity contribution in [2.24, 2.45) is 0 Å². The van der Waals surface area contributed by atoms with Gasteiger partial charge in [-0.2, -0.15) is 0 Å². The second-order valence-corrected chi connectivity index (χ2v) is 8.21. The normalized spacial score (nSPS) is 14.2. The van der Waals surface area contributed by atoms with Gasteiger partial charge in [-0.25, -0.2) is 17.5 Å². The van der Waals surface area contributed by atoms with Crippen LogP contribution in [-0.2, 0) is 19.6 Å². The summed E-state index contributed by atoms with van der Waals surface area (Å²) in [4.78, 5) is 24.0. The van der Waals surface area contributed by atoms with E-state index in [2.05, 4.69) is 10.6 Å². The Morgan fingerprint density at radius 1 is 1.31 bits per heavy atom. The first-order valence-electron chi connectivity index (χ1n) is 8.13. The first-order valence-corrected chi connectivity index (χ1v) is 9.57. The largest absolute Gasteiger partial charge is 0.452 e. The Bertz CT molecular complexity index is 774. The summed E-state index contributed by atoms with van der Waals surface area (Å²) < 4.78 is 30.6. The van der Waals surface area contributed by atoms with E-state index >= 15 is 0 Å². The summed E-state index contributed by atoms with van der Waals surface area (Å²) in [6.45, 7) is -0.447. The number of anilines is 1. The van der Waals surface area contributed by atoms with Crippen LogP contribution in [0, 0.1) is 0 Å². The molecule has 1 aromatic carbocycles. The Morgan fingerprint density at radius 3 is 2.58 bits per heavy atom. The lowest BCUT2D eigenvalue weighted by Crippen LogP contribution is -2.30. The van der Waals surface area contributed by atoms with E-state index in [1.165, 1.54) is 32.3 Å². The number of nitrogens with one attached hydrogen (secondary N) is 2. The molecule has 3 N–H and O–H groups in total. The molecule has 2 rings (SSSR count). The maximum absolute atomic E-state index is 12.4. The molecule has 0 aliphatic heterocycles. The van der Waals surface area contributed by atoms with Crippen LogP contribution >= 0.6 is 0 Å². The minimum atomic E-state index is -3.74. The summed E-state index contributed by atoms with van der Waals surface area (Å²) in [6.07, 6.45) is 1.83. The highest BCUT2D eigenvalue weighted by atomic mass is 32.2. The molecule has 0 aromatic heterocycles. The van der Waals surface area contributed by atoms with E-state index < -0.39 is 28.5 Å². The zero-order valence-corrected chi connectivity index (χ0v) is 15.5. The van der Waals surface area contributed by atoms with Crippen LogP contribution in [0.1, 0.15) is 23.2 Å². The van der Waals surface area contributed by atoms with Crippen LogP contribution < -0.4 is 10.6 Å². The van der Waals surface area contributed by atoms with Crippen LogP contribution in [0.15, 0.2) is 23.1 Å². The molecule has 1 aromatic rings. The van der Waals surface area contributed by atoms with Gasteiger partial charge in [-0.1, -0.05) is 0 Å². The number of benzene rings is 1. The Morgan fingerprint density at radius 2 is 2.00 bits per heavy atom. The highest BCUT2D eigenvalue weighted by Crippen LogP contribution is 2.23. The van der Waals surface area contributed by atoms with Crippen LogP contribution in [0.3, 0.4) is 0 Å². The van der Waals surface area contributed by atoms with Crippen LogP contribution in [0.4, 0.5) is 5.69 Å². The van der Waals surface area contributed by atoms with Gasteiger partial charge in [0.1, 0.15) is 0 Å². The number of amides is 1. The summed E-state index contributed by atoms with van der Waals surface area (Å²) in [6, 6.07) is 4.12. The van der Waals surface area contributed by atoms with Crippen LogP contribution in [-0.4, -0.2) is 69.6 Å². The average Bonchev–Trinajstić information content (AvgIpc) is 3.41. The Balaban J connectivity index is 2.20. The standard InChI is InChI=1S/C16H23N3O6S/c1-19(2)26(23,24)12-5-6-14(17-7-8-20)13(9-12)16(22)25-10-15(21)18-11-3-4-11/h5-6,9,11,17,20H,3-4,7-8,10H2,1-2H3,(H,18,21). The number of hydrogen-bond acceptors (Lipinski definition) is 7. The number of sulfonamides is 1. The van der Waals surface area contributed by atoms with E-state index in [0.29, 0.717) is 5.69 Å². The van der Waals surface area contributed by atoms with E-state index in [-0.39, 0.29) is 29.7 Å². The molecule has 0 bridgehead atoms. The van der Waals surface area contributed by atoms with Gasteiger partial charge in [0.05, 0.1) is 17.1 Å². The molecule has 9 nitrogen and oxygen atoms in total. The number of carbonyl (C=O) groups excluding carboxylic acids is 2. The van der Waals surface area contributed by atoms with Gasteiger partial charge in [0.2, 0.25) is 10.0 Å². The van der Waals surface area contributed by atoms with Gasteiger partial charge >= 0.3 is 5.97 Å². The van der Waals surface area contributed by atoms with Crippen molar-refractivity contribution in [1.82, 2.24) is 9.62 Å². The van der Waals surface area contributed by atoms with Gasteiger partial charge in [0.25, 0.3) is 5.91 Å². The topological polar surface area (TPSA) is 125 Å². The lowest BCUT2D eigenvalue weighted by molar-refractivity contribution is -0.124. The van der Waals surface area contributed by atoms with E-state index in [1.807, 2.05) is 0 Å². The van der Waals surface area contributed by atoms with Crippen molar-refractivity contribution in [3.63, 3.8) is 0 Å². The maximum Gasteiger partial charge on any atom is 0.340 e. The number of ether oxygens (including phenoxy) is 1. The third kappa shape index (κ3) is 5.16. The SMILES string of the molecule is CN(C)S(=O)(=O)c1ccc(NCCO)c(C(=O)OCC(=O)NC2CC2)c1. The zero-order chi connectivity index (χ0) is 19.3. The Kier molecular flexibility index (Phi) is 6.57. The summed E-state index contributed by atoms with van der Waals surface area (Å²) in [5.74, 6) is -1.23. The predicted molar refractivity (Wildman–Crippen MR) is 94.3 cm³/mol. The van der Waals surface area contributed by atoms with Gasteiger partial charge in [0, 0.05) is 32.4 Å². The lowest BCUT2D eigenvalue weighted by atomic mass is 10.2. The third-order valence-corrected chi connectivity index (χ3v) is 5.50. The number of hydrogen-bond donors (Lipinski definition) is 3. The van der Waals surface area contributed by atoms with Crippen LogP contribution in [0.2, 0.25) is 0 Å². The number of nitrogens with zero attached hydrogens (tertiary/aromatic N) is 1. The number of carbonyl (C=O) groups is 2. The molecule has 144 valence electrons. The summed E-state index contributed by atoms with van der Waals surface area (Å²) in [7, 11) is -0.975. The van der Waals surface area contributed by atoms with Gasteiger partial charge in [0.15, 0.2) is 6.61 Å². The van der Waals surface area contributed by atoms with E-state index in [0.717, 1.165) is 17.1 Å². The molecule has 1 aliphatic rings. The highest BCUT2D eigenvalue weighted by Gasteiger charge is 2.25. The van der Waals surface area contributed by atoms with Crippen molar-refractivity contribution in [1.29, 1.82) is 0 Å². The Labute approximate surface area is 152 Å². The smallest absolute Gasteiger partial charge is 0.340 e. The van der Waals surface area contributed by atoms with Gasteiger partial charge < -0.3 is 20.5 Å². The number of aliphatic hydroxyl groups is 1. The van der Waals surface area contributed by atoms with Crippen LogP contribution in [0.5, 0.6) is 0 Å². The molecule has 0 atom stereocenters. The average molecular weight is 385 g/mol. The molecule has 1 saturated carbocycles. The molecule has 10 heteroatoms. The third-order valence-electron chi connectivity index (χ3n) is 3.69. The summed E-state index contributed by atoms with van der Waals surface area (Å²) in [5.41, 5.74) is 0.282.